The van der Waals surface area contributed by atoms with Crippen LogP contribution in [-0.4, -0.2) is 6.54 Å². The summed E-state index contributed by atoms with van der Waals surface area (Å²) in [6.45, 7) is 0.126. The maximum Gasteiger partial charge on any atom is 0.416 e. The average Bonchev–Trinajstić information content (AvgIpc) is 2.15. The van der Waals surface area contributed by atoms with Gasteiger partial charge >= 0.3 is 6.18 Å². The van der Waals surface area contributed by atoms with Crippen molar-refractivity contribution in [2.75, 3.05) is 6.54 Å². The van der Waals surface area contributed by atoms with Gasteiger partial charge in [0.15, 0.2) is 0 Å². The quantitative estimate of drug-likeness (QED) is 0.769. The van der Waals surface area contributed by atoms with Gasteiger partial charge in [-0.1, -0.05) is 12.1 Å². The number of alkyl halides is 3. The molecule has 78 valence electrons. The zero-order chi connectivity index (χ0) is 10.8. The first-order valence-corrected chi connectivity index (χ1v) is 4.08. The van der Waals surface area contributed by atoms with Crippen LogP contribution in [0.5, 0.6) is 0 Å². The molecule has 0 aromatic heterocycles. The number of hydrogen-bond acceptors (Lipinski definition) is 2. The predicted molar refractivity (Wildman–Crippen MR) is 47.4 cm³/mol. The van der Waals surface area contributed by atoms with E-state index in [1.165, 1.54) is 12.1 Å². The van der Waals surface area contributed by atoms with E-state index in [2.05, 4.69) is 0 Å². The van der Waals surface area contributed by atoms with Crippen molar-refractivity contribution in [3.05, 3.63) is 35.4 Å². The van der Waals surface area contributed by atoms with Crippen molar-refractivity contribution in [1.29, 1.82) is 0 Å². The van der Waals surface area contributed by atoms with Crippen LogP contribution in [0.3, 0.4) is 0 Å². The summed E-state index contributed by atoms with van der Waals surface area (Å²) in [4.78, 5) is 0. The summed E-state index contributed by atoms with van der Waals surface area (Å²) in [5, 5.41) is 0. The zero-order valence-electron chi connectivity index (χ0n) is 7.38. The molecule has 1 rings (SSSR count). The average molecular weight is 204 g/mol. The molecular formula is C9H11F3N2. The molecule has 0 fully saturated rings. The molecule has 1 aromatic rings. The van der Waals surface area contributed by atoms with Crippen LogP contribution in [0.2, 0.25) is 0 Å². The Labute approximate surface area is 79.7 Å². The lowest BCUT2D eigenvalue weighted by molar-refractivity contribution is -0.137. The molecule has 0 heterocycles. The van der Waals surface area contributed by atoms with E-state index < -0.39 is 17.8 Å². The minimum absolute atomic E-state index is 0.126. The van der Waals surface area contributed by atoms with Crippen molar-refractivity contribution in [2.45, 2.75) is 12.2 Å². The monoisotopic (exact) mass is 204 g/mol. The highest BCUT2D eigenvalue weighted by Gasteiger charge is 2.30. The van der Waals surface area contributed by atoms with Crippen LogP contribution < -0.4 is 11.5 Å². The van der Waals surface area contributed by atoms with Crippen molar-refractivity contribution in [3.63, 3.8) is 0 Å². The number of halogens is 3. The Morgan fingerprint density at radius 2 is 1.93 bits per heavy atom. The van der Waals surface area contributed by atoms with Crippen LogP contribution in [-0.2, 0) is 6.18 Å². The molecular weight excluding hydrogens is 193 g/mol. The zero-order valence-corrected chi connectivity index (χ0v) is 7.38. The first-order valence-electron chi connectivity index (χ1n) is 4.08. The highest BCUT2D eigenvalue weighted by molar-refractivity contribution is 5.27. The van der Waals surface area contributed by atoms with Gasteiger partial charge in [-0.3, -0.25) is 0 Å². The van der Waals surface area contributed by atoms with Crippen LogP contribution in [0.25, 0.3) is 0 Å². The first-order chi connectivity index (χ1) is 6.45. The van der Waals surface area contributed by atoms with Crippen molar-refractivity contribution >= 4 is 0 Å². The van der Waals surface area contributed by atoms with Gasteiger partial charge in [-0.05, 0) is 17.7 Å². The molecule has 0 radical (unpaired) electrons. The molecule has 0 aliphatic rings. The number of nitrogens with two attached hydrogens (primary N) is 2. The normalized spacial score (nSPS) is 14.1. The van der Waals surface area contributed by atoms with Gasteiger partial charge < -0.3 is 11.5 Å². The molecule has 1 aromatic carbocycles. The molecule has 0 aliphatic heterocycles. The SMILES string of the molecule is NCC(N)c1cccc(C(F)(F)F)c1. The number of benzene rings is 1. The maximum absolute atomic E-state index is 12.3. The summed E-state index contributed by atoms with van der Waals surface area (Å²) in [6.07, 6.45) is -4.33. The molecule has 1 unspecified atom stereocenters. The Morgan fingerprint density at radius 3 is 2.43 bits per heavy atom. The highest BCUT2D eigenvalue weighted by Crippen LogP contribution is 2.30. The molecule has 0 amide bonds. The van der Waals surface area contributed by atoms with Gasteiger partial charge in [0.05, 0.1) is 5.56 Å². The topological polar surface area (TPSA) is 52.0 Å². The molecule has 5 heteroatoms. The summed E-state index contributed by atoms with van der Waals surface area (Å²) >= 11 is 0. The van der Waals surface area contributed by atoms with Crippen LogP contribution in [0.4, 0.5) is 13.2 Å². The van der Waals surface area contributed by atoms with E-state index in [0.29, 0.717) is 5.56 Å². The van der Waals surface area contributed by atoms with Crippen LogP contribution in [0.15, 0.2) is 24.3 Å². The summed E-state index contributed by atoms with van der Waals surface area (Å²) in [5.74, 6) is 0. The maximum atomic E-state index is 12.3. The van der Waals surface area contributed by atoms with Crippen molar-refractivity contribution in [1.82, 2.24) is 0 Å². The lowest BCUT2D eigenvalue weighted by Crippen LogP contribution is -2.21. The van der Waals surface area contributed by atoms with Crippen molar-refractivity contribution in [3.8, 4) is 0 Å². The van der Waals surface area contributed by atoms with E-state index in [9.17, 15) is 13.2 Å². The van der Waals surface area contributed by atoms with Gasteiger partial charge in [0, 0.05) is 12.6 Å². The van der Waals surface area contributed by atoms with Crippen LogP contribution in [0.1, 0.15) is 17.2 Å². The fourth-order valence-corrected chi connectivity index (χ4v) is 1.08. The highest BCUT2D eigenvalue weighted by atomic mass is 19.4. The molecule has 1 atom stereocenters. The minimum atomic E-state index is -4.33. The van der Waals surface area contributed by atoms with E-state index in [-0.39, 0.29) is 6.54 Å². The van der Waals surface area contributed by atoms with Gasteiger partial charge in [0.25, 0.3) is 0 Å². The van der Waals surface area contributed by atoms with E-state index >= 15 is 0 Å². The Bertz CT molecular complexity index is 309. The van der Waals surface area contributed by atoms with E-state index in [1.807, 2.05) is 0 Å². The molecule has 0 saturated heterocycles. The van der Waals surface area contributed by atoms with Gasteiger partial charge in [0.1, 0.15) is 0 Å². The molecule has 0 aliphatic carbocycles. The third-order valence-corrected chi connectivity index (χ3v) is 1.90. The summed E-state index contributed by atoms with van der Waals surface area (Å²) in [6, 6.07) is 4.35. The lowest BCUT2D eigenvalue weighted by Gasteiger charge is -2.12. The second kappa shape index (κ2) is 3.98. The second-order valence-corrected chi connectivity index (χ2v) is 2.97. The van der Waals surface area contributed by atoms with E-state index in [4.69, 9.17) is 11.5 Å². The van der Waals surface area contributed by atoms with Gasteiger partial charge in [-0.15, -0.1) is 0 Å². The number of rotatable bonds is 2. The summed E-state index contributed by atoms with van der Waals surface area (Å²) in [5.41, 5.74) is 10.5. The Kier molecular flexibility index (Phi) is 3.13. The molecule has 4 N–H and O–H groups in total. The lowest BCUT2D eigenvalue weighted by atomic mass is 10.0. The summed E-state index contributed by atoms with van der Waals surface area (Å²) < 4.78 is 36.8. The second-order valence-electron chi connectivity index (χ2n) is 2.97. The summed E-state index contributed by atoms with van der Waals surface area (Å²) in [7, 11) is 0. The third-order valence-electron chi connectivity index (χ3n) is 1.90. The van der Waals surface area contributed by atoms with Crippen molar-refractivity contribution in [2.24, 2.45) is 11.5 Å². The van der Waals surface area contributed by atoms with E-state index in [1.54, 1.807) is 0 Å². The van der Waals surface area contributed by atoms with Gasteiger partial charge in [0.2, 0.25) is 0 Å². The Balaban J connectivity index is 3.01. The number of hydrogen-bond donors (Lipinski definition) is 2. The third kappa shape index (κ3) is 2.46. The van der Waals surface area contributed by atoms with Crippen molar-refractivity contribution < 1.29 is 13.2 Å². The predicted octanol–water partition coefficient (Wildman–Crippen LogP) is 1.66. The Morgan fingerprint density at radius 1 is 1.29 bits per heavy atom. The van der Waals surface area contributed by atoms with Gasteiger partial charge in [-0.2, -0.15) is 13.2 Å². The smallest absolute Gasteiger partial charge is 0.329 e. The molecule has 0 spiro atoms. The molecule has 0 saturated carbocycles. The molecule has 14 heavy (non-hydrogen) atoms. The Hall–Kier alpha value is -1.07. The van der Waals surface area contributed by atoms with Gasteiger partial charge in [-0.25, -0.2) is 0 Å². The van der Waals surface area contributed by atoms with E-state index in [0.717, 1.165) is 12.1 Å². The minimum Gasteiger partial charge on any atom is -0.329 e. The van der Waals surface area contributed by atoms with Crippen LogP contribution >= 0.6 is 0 Å². The first kappa shape index (κ1) is 11.0. The standard InChI is InChI=1S/C9H11F3N2/c10-9(11,12)7-3-1-2-6(4-7)8(14)5-13/h1-4,8H,5,13-14H2. The molecule has 0 bridgehead atoms. The largest absolute Gasteiger partial charge is 0.416 e. The molecule has 2 nitrogen and oxygen atoms in total. The van der Waals surface area contributed by atoms with Crippen LogP contribution in [0, 0.1) is 0 Å². The fraction of sp³-hybridized carbons (Fsp3) is 0.333. The fourth-order valence-electron chi connectivity index (χ4n) is 1.08.